The summed E-state index contributed by atoms with van der Waals surface area (Å²) in [6.07, 6.45) is 0.576. The Balaban J connectivity index is 1.63. The summed E-state index contributed by atoms with van der Waals surface area (Å²) in [6.45, 7) is 4.51. The van der Waals surface area contributed by atoms with Gasteiger partial charge in [0.1, 0.15) is 5.01 Å². The van der Waals surface area contributed by atoms with Crippen molar-refractivity contribution in [3.05, 3.63) is 87.8 Å². The number of rotatable bonds is 8. The van der Waals surface area contributed by atoms with E-state index in [4.69, 9.17) is 4.74 Å². The van der Waals surface area contributed by atoms with Gasteiger partial charge in [-0.3, -0.25) is 9.59 Å². The summed E-state index contributed by atoms with van der Waals surface area (Å²) in [6, 6.07) is 16.7. The van der Waals surface area contributed by atoms with Crippen LogP contribution in [0, 0.1) is 13.8 Å². The molecule has 0 spiro atoms. The molecule has 4 aromatic rings. The van der Waals surface area contributed by atoms with Crippen LogP contribution in [0.25, 0.3) is 21.5 Å². The molecule has 5 rings (SSSR count). The van der Waals surface area contributed by atoms with Gasteiger partial charge in [0.25, 0.3) is 5.91 Å². The number of ether oxygens (including phenoxy) is 1. The molecule has 2 aromatic carbocycles. The van der Waals surface area contributed by atoms with Crippen molar-refractivity contribution in [2.75, 3.05) is 20.3 Å². The van der Waals surface area contributed by atoms with Gasteiger partial charge >= 0.3 is 0 Å². The molecule has 1 aliphatic heterocycles. The molecule has 2 N–H and O–H groups in total. The number of methoxy groups -OCH3 is 1. The third kappa shape index (κ3) is 4.02. The van der Waals surface area contributed by atoms with Gasteiger partial charge in [-0.15, -0.1) is 11.3 Å². The topological polar surface area (TPSA) is 95.5 Å². The number of aromatic amines is 1. The Morgan fingerprint density at radius 2 is 1.86 bits per heavy atom. The summed E-state index contributed by atoms with van der Waals surface area (Å²) in [5.74, 6) is -1.42. The first-order valence-electron chi connectivity index (χ1n) is 11.8. The highest BCUT2D eigenvalue weighted by Crippen LogP contribution is 2.44. The minimum Gasteiger partial charge on any atom is -0.503 e. The summed E-state index contributed by atoms with van der Waals surface area (Å²) in [5.41, 5.74) is 4.15. The van der Waals surface area contributed by atoms with Crippen molar-refractivity contribution < 1.29 is 19.4 Å². The van der Waals surface area contributed by atoms with E-state index in [1.54, 1.807) is 18.9 Å². The number of carbonyl (C=O) groups excluding carboxylic acids is 2. The Kier molecular flexibility index (Phi) is 6.47. The van der Waals surface area contributed by atoms with Gasteiger partial charge in [0.15, 0.2) is 5.76 Å². The molecule has 2 aromatic heterocycles. The smallest absolute Gasteiger partial charge is 0.290 e. The highest BCUT2D eigenvalue weighted by Gasteiger charge is 2.45. The number of aromatic nitrogens is 2. The fraction of sp³-hybridized carbons (Fsp3) is 0.250. The van der Waals surface area contributed by atoms with Gasteiger partial charge in [-0.05, 0) is 26.3 Å². The van der Waals surface area contributed by atoms with Crippen molar-refractivity contribution in [3.8, 4) is 10.6 Å². The number of hydrogen-bond acceptors (Lipinski definition) is 6. The van der Waals surface area contributed by atoms with E-state index in [0.29, 0.717) is 30.1 Å². The minimum atomic E-state index is -0.723. The first-order chi connectivity index (χ1) is 17.4. The van der Waals surface area contributed by atoms with Crippen molar-refractivity contribution >= 4 is 33.9 Å². The number of hydrogen-bond donors (Lipinski definition) is 2. The number of thiazole rings is 1. The molecule has 3 heterocycles. The molecule has 7 nitrogen and oxygen atoms in total. The monoisotopic (exact) mass is 501 g/mol. The lowest BCUT2D eigenvalue weighted by Gasteiger charge is -2.27. The number of H-pyrrole nitrogens is 1. The van der Waals surface area contributed by atoms with E-state index >= 15 is 0 Å². The van der Waals surface area contributed by atoms with E-state index in [2.05, 4.69) is 9.97 Å². The van der Waals surface area contributed by atoms with Crippen LogP contribution in [0.3, 0.4) is 0 Å². The molecule has 184 valence electrons. The molecule has 0 radical (unpaired) electrons. The van der Waals surface area contributed by atoms with Crippen LogP contribution < -0.4 is 0 Å². The van der Waals surface area contributed by atoms with E-state index in [-0.39, 0.29) is 11.4 Å². The van der Waals surface area contributed by atoms with Crippen LogP contribution >= 0.6 is 11.3 Å². The third-order valence-corrected chi connectivity index (χ3v) is 7.74. The highest BCUT2D eigenvalue weighted by atomic mass is 32.1. The van der Waals surface area contributed by atoms with Crippen LogP contribution in [-0.4, -0.2) is 51.9 Å². The maximum Gasteiger partial charge on any atom is 0.290 e. The lowest BCUT2D eigenvalue weighted by molar-refractivity contribution is -0.129. The zero-order valence-corrected chi connectivity index (χ0v) is 21.2. The largest absolute Gasteiger partial charge is 0.503 e. The summed E-state index contributed by atoms with van der Waals surface area (Å²) in [7, 11) is 1.61. The second kappa shape index (κ2) is 9.72. The van der Waals surface area contributed by atoms with Gasteiger partial charge in [-0.25, -0.2) is 4.98 Å². The second-order valence-corrected chi connectivity index (χ2v) is 9.85. The van der Waals surface area contributed by atoms with Crippen LogP contribution in [0.15, 0.2) is 65.9 Å². The highest BCUT2D eigenvalue weighted by molar-refractivity contribution is 7.17. The number of nitrogens with zero attached hydrogens (tertiary/aromatic N) is 2. The number of aliphatic hydroxyl groups excluding tert-OH is 1. The summed E-state index contributed by atoms with van der Waals surface area (Å²) in [5, 5.41) is 12.7. The van der Waals surface area contributed by atoms with Crippen LogP contribution in [-0.2, 0) is 9.53 Å². The fourth-order valence-corrected chi connectivity index (χ4v) is 5.91. The molecule has 0 saturated heterocycles. The number of aliphatic hydroxyl groups is 1. The predicted molar refractivity (Wildman–Crippen MR) is 140 cm³/mol. The molecule has 0 aliphatic carbocycles. The number of benzene rings is 2. The number of para-hydroxylation sites is 1. The SMILES string of the molecule is COCCCN1C(=O)C(O)=C(C(=O)c2sc(-c3ccccc3)nc2C)C1c1c(C)[nH]c2ccccc12. The molecule has 0 saturated carbocycles. The minimum absolute atomic E-state index is 0.0941. The molecular weight excluding hydrogens is 474 g/mol. The standard InChI is InChI=1S/C28H27N3O4S/c1-16-21(19-12-7-8-13-20(19)29-16)23-22(25(33)28(34)31(23)14-9-15-35-3)24(32)26-17(2)30-27(36-26)18-10-5-4-6-11-18/h4-8,10-13,23,29,33H,9,14-15H2,1-3H3. The van der Waals surface area contributed by atoms with Gasteiger partial charge in [0.2, 0.25) is 5.78 Å². The van der Waals surface area contributed by atoms with Crippen LogP contribution in [0.4, 0.5) is 0 Å². The summed E-state index contributed by atoms with van der Waals surface area (Å²) >= 11 is 1.28. The lowest BCUT2D eigenvalue weighted by atomic mass is 9.93. The second-order valence-electron chi connectivity index (χ2n) is 8.85. The Morgan fingerprint density at radius 3 is 2.61 bits per heavy atom. The van der Waals surface area contributed by atoms with Crippen molar-refractivity contribution in [1.29, 1.82) is 0 Å². The molecule has 0 bridgehead atoms. The van der Waals surface area contributed by atoms with Crippen molar-refractivity contribution in [2.24, 2.45) is 0 Å². The molecule has 8 heteroatoms. The first-order valence-corrected chi connectivity index (χ1v) is 12.6. The maximum absolute atomic E-state index is 14.0. The molecule has 0 fully saturated rings. The zero-order chi connectivity index (χ0) is 25.4. The Labute approximate surface area is 213 Å². The number of ketones is 1. The van der Waals surface area contributed by atoms with Crippen LogP contribution in [0.5, 0.6) is 0 Å². The number of fused-ring (bicyclic) bond motifs is 1. The average Bonchev–Trinajstić information content (AvgIpc) is 3.51. The van der Waals surface area contributed by atoms with Crippen molar-refractivity contribution in [3.63, 3.8) is 0 Å². The van der Waals surface area contributed by atoms with E-state index in [9.17, 15) is 14.7 Å². The predicted octanol–water partition coefficient (Wildman–Crippen LogP) is 5.52. The van der Waals surface area contributed by atoms with Gasteiger partial charge in [-0.2, -0.15) is 0 Å². The van der Waals surface area contributed by atoms with E-state index in [0.717, 1.165) is 32.7 Å². The Morgan fingerprint density at radius 1 is 1.14 bits per heavy atom. The Bertz CT molecular complexity index is 1490. The van der Waals surface area contributed by atoms with Crippen LogP contribution in [0.2, 0.25) is 0 Å². The van der Waals surface area contributed by atoms with E-state index in [1.807, 2.05) is 61.5 Å². The number of Topliss-reactive ketones (excluding diaryl/α,β-unsaturated/α-hetero) is 1. The van der Waals surface area contributed by atoms with Gasteiger partial charge in [0.05, 0.1) is 22.2 Å². The van der Waals surface area contributed by atoms with Crippen molar-refractivity contribution in [1.82, 2.24) is 14.9 Å². The summed E-state index contributed by atoms with van der Waals surface area (Å²) < 4.78 is 5.19. The maximum atomic E-state index is 14.0. The average molecular weight is 502 g/mol. The number of aryl methyl sites for hydroxylation is 2. The van der Waals surface area contributed by atoms with Crippen LogP contribution in [0.1, 0.15) is 39.1 Å². The van der Waals surface area contributed by atoms with Gasteiger partial charge in [0, 0.05) is 48.0 Å². The quantitative estimate of drug-likeness (QED) is 0.245. The molecule has 1 unspecified atom stereocenters. The molecular formula is C28H27N3O4S. The van der Waals surface area contributed by atoms with Crippen molar-refractivity contribution in [2.45, 2.75) is 26.3 Å². The third-order valence-electron chi connectivity index (χ3n) is 6.54. The van der Waals surface area contributed by atoms with E-state index < -0.39 is 17.7 Å². The number of amides is 1. The number of carbonyl (C=O) groups is 2. The fourth-order valence-electron chi connectivity index (χ4n) is 4.88. The Hall–Kier alpha value is -3.75. The van der Waals surface area contributed by atoms with E-state index in [1.165, 1.54) is 11.3 Å². The zero-order valence-electron chi connectivity index (χ0n) is 20.4. The van der Waals surface area contributed by atoms with Gasteiger partial charge in [-0.1, -0.05) is 48.5 Å². The first kappa shape index (κ1) is 24.0. The molecule has 1 aliphatic rings. The molecule has 1 amide bonds. The summed E-state index contributed by atoms with van der Waals surface area (Å²) in [4.78, 5) is 37.3. The normalized spacial score (nSPS) is 15.9. The molecule has 1 atom stereocenters. The number of nitrogens with one attached hydrogen (secondary N) is 1. The lowest BCUT2D eigenvalue weighted by Crippen LogP contribution is -2.33. The van der Waals surface area contributed by atoms with Gasteiger partial charge < -0.3 is 19.7 Å². The molecule has 36 heavy (non-hydrogen) atoms.